The molecule has 2 aromatic rings. The van der Waals surface area contributed by atoms with Crippen LogP contribution < -0.4 is 5.56 Å². The summed E-state index contributed by atoms with van der Waals surface area (Å²) in [5.74, 6) is -0.216. The molecule has 1 aliphatic heterocycles. The molecule has 0 bridgehead atoms. The molecule has 2 heterocycles. The van der Waals surface area contributed by atoms with Crippen LogP contribution in [0.15, 0.2) is 29.1 Å². The van der Waals surface area contributed by atoms with E-state index in [1.165, 1.54) is 23.6 Å². The van der Waals surface area contributed by atoms with Crippen molar-refractivity contribution in [3.05, 3.63) is 56.5 Å². The van der Waals surface area contributed by atoms with Crippen molar-refractivity contribution in [2.45, 2.75) is 32.5 Å². The van der Waals surface area contributed by atoms with Gasteiger partial charge in [-0.25, -0.2) is 0 Å². The van der Waals surface area contributed by atoms with E-state index in [0.29, 0.717) is 24.2 Å². The lowest BCUT2D eigenvalue weighted by Gasteiger charge is -2.14. The molecule has 0 saturated carbocycles. The molecule has 24 heavy (non-hydrogen) atoms. The molecule has 0 atom stereocenters. The Kier molecular flexibility index (Phi) is 4.03. The maximum absolute atomic E-state index is 13.1. The molecule has 7 heteroatoms. The highest BCUT2D eigenvalue weighted by Crippen LogP contribution is 2.37. The van der Waals surface area contributed by atoms with Gasteiger partial charge in [0.05, 0.1) is 10.6 Å². The highest BCUT2D eigenvalue weighted by atomic mass is 35.5. The number of fused-ring (bicyclic) bond motifs is 1. The molecule has 1 aromatic carbocycles. The van der Waals surface area contributed by atoms with Crippen LogP contribution in [0.5, 0.6) is 0 Å². The molecule has 0 spiro atoms. The minimum Gasteiger partial charge on any atom is -0.311 e. The minimum absolute atomic E-state index is 0.0769. The zero-order valence-electron chi connectivity index (χ0n) is 12.7. The summed E-state index contributed by atoms with van der Waals surface area (Å²) < 4.78 is 40.6. The molecule has 0 amide bonds. The van der Waals surface area contributed by atoms with E-state index >= 15 is 0 Å². The largest absolute Gasteiger partial charge is 0.417 e. The first-order chi connectivity index (χ1) is 11.2. The summed E-state index contributed by atoms with van der Waals surface area (Å²) in [5, 5.41) is -0.431. The number of nitrogens with zero attached hydrogens (tertiary/aromatic N) is 1. The summed E-state index contributed by atoms with van der Waals surface area (Å²) in [7, 11) is 0. The Morgan fingerprint density at radius 1 is 1.25 bits per heavy atom. The number of Topliss-reactive ketones (excluding diaryl/α,β-unsaturated/α-hetero) is 1. The van der Waals surface area contributed by atoms with Crippen LogP contribution in [0, 0.1) is 0 Å². The van der Waals surface area contributed by atoms with Gasteiger partial charge in [-0.1, -0.05) is 17.7 Å². The van der Waals surface area contributed by atoms with Gasteiger partial charge < -0.3 is 4.57 Å². The van der Waals surface area contributed by atoms with Crippen molar-refractivity contribution in [1.29, 1.82) is 0 Å². The lowest BCUT2D eigenvalue weighted by atomic mass is 9.99. The number of carbonyl (C=O) groups excluding carboxylic acids is 1. The number of ketones is 1. The number of rotatable bonds is 2. The molecule has 0 radical (unpaired) electrons. The van der Waals surface area contributed by atoms with E-state index in [-0.39, 0.29) is 22.5 Å². The molecule has 0 aliphatic carbocycles. The predicted octanol–water partition coefficient (Wildman–Crippen LogP) is 4.34. The normalized spacial score (nSPS) is 13.9. The van der Waals surface area contributed by atoms with E-state index < -0.39 is 16.8 Å². The van der Waals surface area contributed by atoms with Gasteiger partial charge in [0.25, 0.3) is 5.56 Å². The van der Waals surface area contributed by atoms with Gasteiger partial charge >= 0.3 is 6.18 Å². The van der Waals surface area contributed by atoms with Gasteiger partial charge in [0.2, 0.25) is 0 Å². The number of alkyl halides is 3. The summed E-state index contributed by atoms with van der Waals surface area (Å²) in [6.45, 7) is 1.84. The number of benzene rings is 1. The molecule has 1 aliphatic rings. The van der Waals surface area contributed by atoms with Crippen LogP contribution in [0.2, 0.25) is 5.02 Å². The van der Waals surface area contributed by atoms with Crippen molar-refractivity contribution in [1.82, 2.24) is 4.57 Å². The molecule has 126 valence electrons. The van der Waals surface area contributed by atoms with Crippen molar-refractivity contribution < 1.29 is 18.0 Å². The number of halogens is 4. The molecule has 0 unspecified atom stereocenters. The number of carbonyl (C=O) groups is 1. The first kappa shape index (κ1) is 16.8. The van der Waals surface area contributed by atoms with E-state index in [2.05, 4.69) is 0 Å². The van der Waals surface area contributed by atoms with Crippen molar-refractivity contribution in [2.24, 2.45) is 0 Å². The Morgan fingerprint density at radius 3 is 2.58 bits per heavy atom. The van der Waals surface area contributed by atoms with E-state index in [9.17, 15) is 22.8 Å². The third-order valence-electron chi connectivity index (χ3n) is 4.16. The van der Waals surface area contributed by atoms with Crippen LogP contribution in [-0.2, 0) is 19.1 Å². The van der Waals surface area contributed by atoms with E-state index in [4.69, 9.17) is 11.6 Å². The van der Waals surface area contributed by atoms with Gasteiger partial charge in [0, 0.05) is 23.4 Å². The van der Waals surface area contributed by atoms with Crippen molar-refractivity contribution in [3.63, 3.8) is 0 Å². The zero-order chi connectivity index (χ0) is 17.6. The van der Waals surface area contributed by atoms with Crippen LogP contribution in [0.1, 0.15) is 35.0 Å². The Morgan fingerprint density at radius 2 is 1.96 bits per heavy atom. The lowest BCUT2D eigenvalue weighted by molar-refractivity contribution is -0.137. The highest BCUT2D eigenvalue weighted by molar-refractivity contribution is 6.31. The highest BCUT2D eigenvalue weighted by Gasteiger charge is 2.34. The van der Waals surface area contributed by atoms with Gasteiger partial charge in [0.15, 0.2) is 5.78 Å². The summed E-state index contributed by atoms with van der Waals surface area (Å²) in [4.78, 5) is 24.5. The fourth-order valence-electron chi connectivity index (χ4n) is 3.04. The molecule has 3 rings (SSSR count). The summed E-state index contributed by atoms with van der Waals surface area (Å²) in [6, 6.07) is 4.72. The predicted molar refractivity (Wildman–Crippen MR) is 84.5 cm³/mol. The monoisotopic (exact) mass is 355 g/mol. The smallest absolute Gasteiger partial charge is 0.311 e. The maximum atomic E-state index is 13.1. The van der Waals surface area contributed by atoms with Gasteiger partial charge in [-0.15, -0.1) is 0 Å². The van der Waals surface area contributed by atoms with Crippen LogP contribution in [-0.4, -0.2) is 10.4 Å². The quantitative estimate of drug-likeness (QED) is 0.752. The number of hydrogen-bond acceptors (Lipinski definition) is 2. The molecule has 1 aromatic heterocycles. The number of aromatic nitrogens is 1. The van der Waals surface area contributed by atoms with Gasteiger partial charge in [-0.05, 0) is 43.5 Å². The molecule has 0 saturated heterocycles. The van der Waals surface area contributed by atoms with Crippen LogP contribution in [0.25, 0.3) is 11.1 Å². The summed E-state index contributed by atoms with van der Waals surface area (Å²) in [6.07, 6.45) is -3.28. The fourth-order valence-corrected chi connectivity index (χ4v) is 3.26. The van der Waals surface area contributed by atoms with Crippen molar-refractivity contribution in [3.8, 4) is 11.1 Å². The number of pyridine rings is 1. The Labute approximate surface area is 140 Å². The minimum atomic E-state index is -4.62. The van der Waals surface area contributed by atoms with E-state index in [1.54, 1.807) is 0 Å². The van der Waals surface area contributed by atoms with Gasteiger partial charge in [0.1, 0.15) is 0 Å². The lowest BCUT2D eigenvalue weighted by Crippen LogP contribution is -2.23. The van der Waals surface area contributed by atoms with Crippen molar-refractivity contribution >= 4 is 17.4 Å². The first-order valence-corrected chi connectivity index (χ1v) is 7.72. The summed E-state index contributed by atoms with van der Waals surface area (Å²) in [5.41, 5.74) is -0.180. The zero-order valence-corrected chi connectivity index (χ0v) is 13.5. The Balaban J connectivity index is 2.26. The number of hydrogen-bond donors (Lipinski definition) is 0. The fraction of sp³-hybridized carbons (Fsp3) is 0.294. The first-order valence-electron chi connectivity index (χ1n) is 7.35. The van der Waals surface area contributed by atoms with E-state index in [0.717, 1.165) is 18.6 Å². The average molecular weight is 356 g/mol. The third-order valence-corrected chi connectivity index (χ3v) is 4.49. The molecule has 3 nitrogen and oxygen atoms in total. The van der Waals surface area contributed by atoms with Crippen molar-refractivity contribution in [2.75, 3.05) is 0 Å². The Hall–Kier alpha value is -2.08. The molecule has 0 N–H and O–H groups in total. The van der Waals surface area contributed by atoms with Gasteiger partial charge in [-0.2, -0.15) is 13.2 Å². The standard InChI is InChI=1S/C17H13ClF3NO2/c1-9(23)11-8-12(16(24)22-6-2-3-15(11)22)10-4-5-14(18)13(7-10)17(19,20)21/h4-5,7-8H,2-3,6H2,1H3. The molecular formula is C17H13ClF3NO2. The second-order valence-corrected chi connectivity index (χ2v) is 6.13. The second kappa shape index (κ2) is 5.77. The summed E-state index contributed by atoms with van der Waals surface area (Å²) >= 11 is 5.63. The topological polar surface area (TPSA) is 39.1 Å². The average Bonchev–Trinajstić information content (AvgIpc) is 2.97. The maximum Gasteiger partial charge on any atom is 0.417 e. The Bertz CT molecular complexity index is 900. The second-order valence-electron chi connectivity index (χ2n) is 5.73. The van der Waals surface area contributed by atoms with Crippen LogP contribution in [0.3, 0.4) is 0 Å². The SMILES string of the molecule is CC(=O)c1cc(-c2ccc(Cl)c(C(F)(F)F)c2)c(=O)n2c1CCC2. The van der Waals surface area contributed by atoms with Crippen LogP contribution >= 0.6 is 11.6 Å². The third kappa shape index (κ3) is 2.75. The van der Waals surface area contributed by atoms with Gasteiger partial charge in [-0.3, -0.25) is 9.59 Å². The van der Waals surface area contributed by atoms with Crippen LogP contribution in [0.4, 0.5) is 13.2 Å². The molecule has 0 fully saturated rings. The molecular weight excluding hydrogens is 343 g/mol. The van der Waals surface area contributed by atoms with E-state index in [1.807, 2.05) is 0 Å².